The SMILES string of the molecule is CCN(CC)C(CNC(=NC)NCc1nnc2n1CCC2)c1ccccc1.I. The highest BCUT2D eigenvalue weighted by Gasteiger charge is 2.19. The fraction of sp³-hybridized carbons (Fsp3) is 0.550. The Labute approximate surface area is 185 Å². The van der Waals surface area contributed by atoms with Gasteiger partial charge in [-0.25, -0.2) is 0 Å². The van der Waals surface area contributed by atoms with Crippen molar-refractivity contribution in [3.8, 4) is 0 Å². The molecule has 0 bridgehead atoms. The zero-order valence-electron chi connectivity index (χ0n) is 17.1. The Kier molecular flexibility index (Phi) is 9.17. The molecular weight excluding hydrogens is 465 g/mol. The molecule has 0 aliphatic carbocycles. The highest BCUT2D eigenvalue weighted by Crippen LogP contribution is 2.19. The van der Waals surface area contributed by atoms with E-state index in [9.17, 15) is 0 Å². The Hall–Kier alpha value is -1.68. The minimum Gasteiger partial charge on any atom is -0.354 e. The van der Waals surface area contributed by atoms with E-state index in [0.717, 1.165) is 56.6 Å². The number of halogens is 1. The summed E-state index contributed by atoms with van der Waals surface area (Å²) in [5.41, 5.74) is 1.32. The quantitative estimate of drug-likeness (QED) is 0.334. The summed E-state index contributed by atoms with van der Waals surface area (Å²) >= 11 is 0. The second kappa shape index (κ2) is 11.4. The van der Waals surface area contributed by atoms with Crippen LogP contribution in [0.5, 0.6) is 0 Å². The van der Waals surface area contributed by atoms with Crippen LogP contribution in [0.3, 0.4) is 0 Å². The molecule has 0 fully saturated rings. The van der Waals surface area contributed by atoms with E-state index < -0.39 is 0 Å². The van der Waals surface area contributed by atoms with Crippen LogP contribution >= 0.6 is 24.0 Å². The molecule has 1 aromatic carbocycles. The first kappa shape index (κ1) is 22.6. The van der Waals surface area contributed by atoms with Crippen LogP contribution in [0.4, 0.5) is 0 Å². The number of rotatable bonds is 8. The van der Waals surface area contributed by atoms with Gasteiger partial charge in [-0.15, -0.1) is 34.2 Å². The molecule has 0 spiro atoms. The lowest BCUT2D eigenvalue weighted by Crippen LogP contribution is -2.43. The van der Waals surface area contributed by atoms with Gasteiger partial charge < -0.3 is 15.2 Å². The van der Waals surface area contributed by atoms with Gasteiger partial charge in [0.2, 0.25) is 0 Å². The van der Waals surface area contributed by atoms with Crippen molar-refractivity contribution in [2.75, 3.05) is 26.7 Å². The zero-order chi connectivity index (χ0) is 19.1. The van der Waals surface area contributed by atoms with Gasteiger partial charge in [0, 0.05) is 26.6 Å². The van der Waals surface area contributed by atoms with Crippen LogP contribution in [-0.4, -0.2) is 52.3 Å². The molecule has 0 radical (unpaired) electrons. The number of benzene rings is 1. The van der Waals surface area contributed by atoms with Gasteiger partial charge >= 0.3 is 0 Å². The highest BCUT2D eigenvalue weighted by atomic mass is 127. The molecule has 1 aliphatic rings. The normalized spacial score (nSPS) is 14.5. The predicted molar refractivity (Wildman–Crippen MR) is 124 cm³/mol. The number of aryl methyl sites for hydroxylation is 1. The van der Waals surface area contributed by atoms with E-state index in [-0.39, 0.29) is 24.0 Å². The molecule has 7 nitrogen and oxygen atoms in total. The number of likely N-dealkylation sites (N-methyl/N-ethyl adjacent to an activating group) is 1. The summed E-state index contributed by atoms with van der Waals surface area (Å²) in [5.74, 6) is 2.87. The lowest BCUT2D eigenvalue weighted by Gasteiger charge is -2.30. The lowest BCUT2D eigenvalue weighted by molar-refractivity contribution is 0.219. The maximum Gasteiger partial charge on any atom is 0.191 e. The summed E-state index contributed by atoms with van der Waals surface area (Å²) in [6, 6.07) is 11.0. The van der Waals surface area contributed by atoms with Crippen molar-refractivity contribution in [1.82, 2.24) is 30.3 Å². The Morgan fingerprint density at radius 1 is 1.18 bits per heavy atom. The van der Waals surface area contributed by atoms with Crippen molar-refractivity contribution in [3.63, 3.8) is 0 Å². The maximum atomic E-state index is 4.38. The molecule has 1 unspecified atom stereocenters. The van der Waals surface area contributed by atoms with E-state index in [1.54, 1.807) is 7.05 Å². The van der Waals surface area contributed by atoms with Crippen molar-refractivity contribution in [2.24, 2.45) is 4.99 Å². The van der Waals surface area contributed by atoms with Crippen LogP contribution in [-0.2, 0) is 19.5 Å². The molecule has 28 heavy (non-hydrogen) atoms. The number of fused-ring (bicyclic) bond motifs is 1. The molecule has 2 heterocycles. The summed E-state index contributed by atoms with van der Waals surface area (Å²) in [6.07, 6.45) is 2.19. The van der Waals surface area contributed by atoms with Gasteiger partial charge in [-0.3, -0.25) is 9.89 Å². The van der Waals surface area contributed by atoms with Crippen molar-refractivity contribution >= 4 is 29.9 Å². The summed E-state index contributed by atoms with van der Waals surface area (Å²) in [7, 11) is 1.80. The molecule has 2 N–H and O–H groups in total. The maximum absolute atomic E-state index is 4.38. The number of aliphatic imine (C=N–C) groups is 1. The van der Waals surface area contributed by atoms with Gasteiger partial charge in [-0.05, 0) is 25.1 Å². The number of guanidine groups is 1. The largest absolute Gasteiger partial charge is 0.354 e. The Morgan fingerprint density at radius 2 is 1.93 bits per heavy atom. The molecule has 0 amide bonds. The number of aromatic nitrogens is 3. The van der Waals surface area contributed by atoms with Crippen LogP contribution in [0.15, 0.2) is 35.3 Å². The summed E-state index contributed by atoms with van der Waals surface area (Å²) in [5, 5.41) is 15.4. The molecule has 1 aromatic heterocycles. The number of nitrogens with one attached hydrogen (secondary N) is 2. The van der Waals surface area contributed by atoms with Crippen LogP contribution < -0.4 is 10.6 Å². The minimum atomic E-state index is 0. The molecule has 1 atom stereocenters. The summed E-state index contributed by atoms with van der Waals surface area (Å²) in [4.78, 5) is 6.84. The zero-order valence-corrected chi connectivity index (χ0v) is 19.4. The molecular formula is C20H32IN7. The first-order valence-electron chi connectivity index (χ1n) is 9.91. The van der Waals surface area contributed by atoms with Gasteiger partial charge in [-0.2, -0.15) is 0 Å². The van der Waals surface area contributed by atoms with Crippen molar-refractivity contribution in [3.05, 3.63) is 47.5 Å². The third-order valence-electron chi connectivity index (χ3n) is 5.22. The van der Waals surface area contributed by atoms with Crippen LogP contribution in [0.1, 0.15) is 43.5 Å². The minimum absolute atomic E-state index is 0. The smallest absolute Gasteiger partial charge is 0.191 e. The third kappa shape index (κ3) is 5.44. The van der Waals surface area contributed by atoms with Crippen LogP contribution in [0, 0.1) is 0 Å². The van der Waals surface area contributed by atoms with E-state index in [2.05, 4.69) is 79.5 Å². The Balaban J connectivity index is 0.00000280. The molecule has 1 aliphatic heterocycles. The number of hydrogen-bond acceptors (Lipinski definition) is 4. The average Bonchev–Trinajstić information content (AvgIpc) is 3.32. The topological polar surface area (TPSA) is 70.4 Å². The van der Waals surface area contributed by atoms with E-state index in [1.165, 1.54) is 5.56 Å². The van der Waals surface area contributed by atoms with E-state index in [1.807, 2.05) is 0 Å². The second-order valence-electron chi connectivity index (χ2n) is 6.74. The third-order valence-corrected chi connectivity index (χ3v) is 5.22. The van der Waals surface area contributed by atoms with E-state index in [0.29, 0.717) is 12.6 Å². The second-order valence-corrected chi connectivity index (χ2v) is 6.74. The van der Waals surface area contributed by atoms with Gasteiger partial charge in [-0.1, -0.05) is 44.2 Å². The average molecular weight is 497 g/mol. The Bertz CT molecular complexity index is 740. The van der Waals surface area contributed by atoms with E-state index >= 15 is 0 Å². The summed E-state index contributed by atoms with van der Waals surface area (Å²) < 4.78 is 2.21. The number of nitrogens with zero attached hydrogens (tertiary/aromatic N) is 5. The van der Waals surface area contributed by atoms with Crippen molar-refractivity contribution in [1.29, 1.82) is 0 Å². The van der Waals surface area contributed by atoms with Crippen LogP contribution in [0.25, 0.3) is 0 Å². The van der Waals surface area contributed by atoms with E-state index in [4.69, 9.17) is 0 Å². The fourth-order valence-electron chi connectivity index (χ4n) is 3.72. The molecule has 0 saturated carbocycles. The number of hydrogen-bond donors (Lipinski definition) is 2. The highest BCUT2D eigenvalue weighted by molar-refractivity contribution is 14.0. The molecule has 0 saturated heterocycles. The van der Waals surface area contributed by atoms with Crippen LogP contribution in [0.2, 0.25) is 0 Å². The molecule has 3 rings (SSSR count). The molecule has 8 heteroatoms. The van der Waals surface area contributed by atoms with Crippen molar-refractivity contribution < 1.29 is 0 Å². The predicted octanol–water partition coefficient (Wildman–Crippen LogP) is 2.59. The molecule has 2 aromatic rings. The fourth-order valence-corrected chi connectivity index (χ4v) is 3.72. The first-order valence-corrected chi connectivity index (χ1v) is 9.91. The van der Waals surface area contributed by atoms with Crippen molar-refractivity contribution in [2.45, 2.75) is 45.8 Å². The molecule has 154 valence electrons. The Morgan fingerprint density at radius 3 is 2.61 bits per heavy atom. The first-order chi connectivity index (χ1) is 13.3. The van der Waals surface area contributed by atoms with Gasteiger partial charge in [0.25, 0.3) is 0 Å². The summed E-state index contributed by atoms with van der Waals surface area (Å²) in [6.45, 7) is 8.88. The van der Waals surface area contributed by atoms with Gasteiger partial charge in [0.15, 0.2) is 11.8 Å². The standard InChI is InChI=1S/C20H31N7.HI/c1-4-26(5-2)17(16-10-7-6-8-11-16)14-22-20(21-3)23-15-19-25-24-18-12-9-13-27(18)19;/h6-8,10-11,17H,4-5,9,12-15H2,1-3H3,(H2,21,22,23);1H. The monoisotopic (exact) mass is 497 g/mol. The lowest BCUT2D eigenvalue weighted by atomic mass is 10.1. The van der Waals surface area contributed by atoms with Gasteiger partial charge in [0.05, 0.1) is 12.6 Å². The van der Waals surface area contributed by atoms with Gasteiger partial charge in [0.1, 0.15) is 5.82 Å².